The van der Waals surface area contributed by atoms with Crippen LogP contribution < -0.4 is 0 Å². The van der Waals surface area contributed by atoms with Crippen LogP contribution in [0.2, 0.25) is 0 Å². The van der Waals surface area contributed by atoms with Crippen molar-refractivity contribution in [2.45, 2.75) is 44.3 Å². The second-order valence-electron chi connectivity index (χ2n) is 9.65. The largest absolute Gasteiger partial charge is 0.394 e. The summed E-state index contributed by atoms with van der Waals surface area (Å²) in [5, 5.41) is 42.2. The molecule has 1 fully saturated rings. The van der Waals surface area contributed by atoms with Gasteiger partial charge in [0.25, 0.3) is 0 Å². The Morgan fingerprint density at radius 3 is 2.46 bits per heavy atom. The molecule has 1 saturated heterocycles. The van der Waals surface area contributed by atoms with Crippen molar-refractivity contribution in [3.63, 3.8) is 0 Å². The topological polar surface area (TPSA) is 131 Å². The van der Waals surface area contributed by atoms with E-state index in [9.17, 15) is 28.5 Å². The van der Waals surface area contributed by atoms with E-state index in [1.807, 2.05) is 19.1 Å². The Labute approximate surface area is 242 Å². The van der Waals surface area contributed by atoms with Gasteiger partial charge < -0.3 is 20.1 Å². The summed E-state index contributed by atoms with van der Waals surface area (Å²) in [6.07, 6.45) is -2.59. The fourth-order valence-electron chi connectivity index (χ4n) is 5.01. The summed E-state index contributed by atoms with van der Waals surface area (Å²) < 4.78 is 51.5. The molecule has 15 heteroatoms. The minimum Gasteiger partial charge on any atom is -0.394 e. The number of aryl methyl sites for hydroxylation is 2. The number of aromatic nitrogens is 6. The second kappa shape index (κ2) is 10.6. The number of nitrogens with zero attached hydrogens (tertiary/aromatic N) is 6. The minimum absolute atomic E-state index is 0.00795. The van der Waals surface area contributed by atoms with Crippen LogP contribution in [0.5, 0.6) is 0 Å². The molecule has 5 aromatic rings. The zero-order valence-corrected chi connectivity index (χ0v) is 23.8. The van der Waals surface area contributed by atoms with Gasteiger partial charge in [0, 0.05) is 16.2 Å². The Hall–Kier alpha value is -3.21. The van der Waals surface area contributed by atoms with Crippen molar-refractivity contribution in [1.29, 1.82) is 0 Å². The molecule has 0 radical (unpaired) electrons. The Morgan fingerprint density at radius 2 is 1.76 bits per heavy atom. The van der Waals surface area contributed by atoms with Crippen molar-refractivity contribution in [2.24, 2.45) is 0 Å². The van der Waals surface area contributed by atoms with Crippen LogP contribution in [0.4, 0.5) is 13.2 Å². The van der Waals surface area contributed by atoms with E-state index < -0.39 is 54.5 Å². The molecule has 0 saturated carbocycles. The fourth-order valence-corrected chi connectivity index (χ4v) is 6.57. The molecule has 41 heavy (non-hydrogen) atoms. The van der Waals surface area contributed by atoms with Gasteiger partial charge in [-0.15, -0.1) is 11.3 Å². The second-order valence-corrected chi connectivity index (χ2v) is 11.7. The number of ether oxygens (including phenoxy) is 1. The fraction of sp³-hybridized carbons (Fsp3) is 0.308. The summed E-state index contributed by atoms with van der Waals surface area (Å²) in [6.45, 7) is 2.99. The highest BCUT2D eigenvalue weighted by atomic mass is 79.9. The van der Waals surface area contributed by atoms with E-state index in [2.05, 4.69) is 36.1 Å². The molecule has 0 spiro atoms. The zero-order chi connectivity index (χ0) is 29.2. The number of thiazole rings is 1. The van der Waals surface area contributed by atoms with E-state index in [0.717, 1.165) is 31.8 Å². The third kappa shape index (κ3) is 4.85. The Bertz CT molecular complexity index is 1750. The number of fused-ring (bicyclic) bond motifs is 1. The van der Waals surface area contributed by atoms with Crippen LogP contribution in [-0.4, -0.2) is 69.8 Å². The van der Waals surface area contributed by atoms with Crippen LogP contribution in [0.25, 0.3) is 27.0 Å². The van der Waals surface area contributed by atoms with E-state index in [4.69, 9.17) is 4.74 Å². The maximum Gasteiger partial charge on any atom is 0.194 e. The van der Waals surface area contributed by atoms with Crippen LogP contribution in [-0.2, 0) is 4.74 Å². The van der Waals surface area contributed by atoms with Crippen LogP contribution in [0.1, 0.15) is 28.8 Å². The standard InChI is InChI=1S/C26H22BrF3N6O4S/c1-10-32-26(36(34-10)14-5-15(27)21-19(6-14)41-11(2)33-21)25-24(39)22(23(38)18(9-37)40-25)35-8-13(7-31-35)12-3-16(28)20(30)17(29)4-12/h3-8,18,22-25,37-39H,9H2,1-2H3/t18?,22-,23-,24?,25+/m0/s1. The van der Waals surface area contributed by atoms with Gasteiger partial charge in [0.1, 0.15) is 36.3 Å². The molecule has 2 unspecified atom stereocenters. The zero-order valence-electron chi connectivity index (χ0n) is 21.4. The maximum atomic E-state index is 13.9. The number of hydrogen-bond donors (Lipinski definition) is 3. The van der Waals surface area contributed by atoms with E-state index in [0.29, 0.717) is 11.5 Å². The monoisotopic (exact) mass is 650 g/mol. The van der Waals surface area contributed by atoms with Crippen molar-refractivity contribution < 1.29 is 33.2 Å². The Morgan fingerprint density at radius 1 is 1.02 bits per heavy atom. The molecule has 214 valence electrons. The Balaban J connectivity index is 1.40. The summed E-state index contributed by atoms with van der Waals surface area (Å²) in [5.74, 6) is -3.73. The molecule has 0 amide bonds. The molecule has 6 rings (SSSR count). The van der Waals surface area contributed by atoms with Crippen molar-refractivity contribution in [1.82, 2.24) is 29.5 Å². The van der Waals surface area contributed by atoms with E-state index in [-0.39, 0.29) is 17.0 Å². The number of benzene rings is 2. The number of aliphatic hydroxyl groups excluding tert-OH is 3. The average Bonchev–Trinajstić information content (AvgIpc) is 3.65. The molecular formula is C26H22BrF3N6O4S. The van der Waals surface area contributed by atoms with Gasteiger partial charge >= 0.3 is 0 Å². The molecule has 0 aliphatic carbocycles. The maximum absolute atomic E-state index is 13.9. The summed E-state index contributed by atoms with van der Waals surface area (Å²) in [4.78, 5) is 9.03. The number of hydrogen-bond acceptors (Lipinski definition) is 9. The SMILES string of the molecule is Cc1nc([C@@H]2OC(CO)[C@H](O)[C@H](n3cc(-c4cc(F)c(F)c(F)c4)cn3)C2O)n(-c2cc(Br)c3nc(C)sc3c2)n1. The summed E-state index contributed by atoms with van der Waals surface area (Å²) in [7, 11) is 0. The highest BCUT2D eigenvalue weighted by molar-refractivity contribution is 9.10. The minimum atomic E-state index is -1.60. The summed E-state index contributed by atoms with van der Waals surface area (Å²) >= 11 is 5.06. The van der Waals surface area contributed by atoms with E-state index in [1.54, 1.807) is 6.92 Å². The quantitative estimate of drug-likeness (QED) is 0.244. The van der Waals surface area contributed by atoms with E-state index in [1.165, 1.54) is 33.1 Å². The first-order valence-electron chi connectivity index (χ1n) is 12.4. The lowest BCUT2D eigenvalue weighted by Gasteiger charge is -2.41. The number of rotatable bonds is 5. The predicted octanol–water partition coefficient (Wildman–Crippen LogP) is 3.93. The first-order valence-corrected chi connectivity index (χ1v) is 14.0. The van der Waals surface area contributed by atoms with Gasteiger partial charge in [-0.25, -0.2) is 27.8 Å². The predicted molar refractivity (Wildman–Crippen MR) is 145 cm³/mol. The lowest BCUT2D eigenvalue weighted by Crippen LogP contribution is -2.53. The van der Waals surface area contributed by atoms with Gasteiger partial charge in [0.15, 0.2) is 23.3 Å². The van der Waals surface area contributed by atoms with Gasteiger partial charge in [-0.3, -0.25) is 4.68 Å². The molecule has 5 atom stereocenters. The smallest absolute Gasteiger partial charge is 0.194 e. The molecule has 1 aliphatic rings. The lowest BCUT2D eigenvalue weighted by atomic mass is 9.92. The van der Waals surface area contributed by atoms with Crippen molar-refractivity contribution in [3.8, 4) is 16.8 Å². The van der Waals surface area contributed by atoms with Gasteiger partial charge in [-0.2, -0.15) is 10.2 Å². The first-order chi connectivity index (χ1) is 19.5. The van der Waals surface area contributed by atoms with Gasteiger partial charge in [0.05, 0.1) is 33.7 Å². The van der Waals surface area contributed by atoms with Crippen LogP contribution in [0.3, 0.4) is 0 Å². The molecule has 0 bridgehead atoms. The van der Waals surface area contributed by atoms with Crippen molar-refractivity contribution in [3.05, 3.63) is 75.2 Å². The van der Waals surface area contributed by atoms with Crippen molar-refractivity contribution >= 4 is 37.5 Å². The number of aliphatic hydroxyl groups is 3. The van der Waals surface area contributed by atoms with Crippen LogP contribution >= 0.6 is 27.3 Å². The van der Waals surface area contributed by atoms with Crippen LogP contribution in [0.15, 0.2) is 41.1 Å². The van der Waals surface area contributed by atoms with Crippen molar-refractivity contribution in [2.75, 3.05) is 6.61 Å². The molecular weight excluding hydrogens is 629 g/mol. The summed E-state index contributed by atoms with van der Waals surface area (Å²) in [6, 6.07) is 4.17. The third-order valence-electron chi connectivity index (χ3n) is 6.89. The average molecular weight is 651 g/mol. The highest BCUT2D eigenvalue weighted by Crippen LogP contribution is 2.40. The molecule has 10 nitrogen and oxygen atoms in total. The molecule has 3 N–H and O–H groups in total. The van der Waals surface area contributed by atoms with E-state index >= 15 is 0 Å². The molecule has 2 aromatic carbocycles. The molecule has 3 aromatic heterocycles. The third-order valence-corrected chi connectivity index (χ3v) is 8.42. The van der Waals surface area contributed by atoms with Gasteiger partial charge in [0.2, 0.25) is 0 Å². The number of halogens is 4. The normalized spacial score (nSPS) is 23.0. The lowest BCUT2D eigenvalue weighted by molar-refractivity contribution is -0.210. The van der Waals surface area contributed by atoms with Gasteiger partial charge in [-0.1, -0.05) is 0 Å². The molecule has 1 aliphatic heterocycles. The summed E-state index contributed by atoms with van der Waals surface area (Å²) in [5.41, 5.74) is 1.63. The highest BCUT2D eigenvalue weighted by Gasteiger charge is 2.48. The van der Waals surface area contributed by atoms with Crippen LogP contribution in [0, 0.1) is 31.3 Å². The first kappa shape index (κ1) is 27.9. The van der Waals surface area contributed by atoms with Gasteiger partial charge in [-0.05, 0) is 59.6 Å². The molecule has 4 heterocycles. The Kier molecular flexibility index (Phi) is 7.20.